The second-order valence-electron chi connectivity index (χ2n) is 3.63. The summed E-state index contributed by atoms with van der Waals surface area (Å²) in [6.45, 7) is 2.34. The number of rotatable bonds is 4. The van der Waals surface area contributed by atoms with E-state index >= 15 is 0 Å². The van der Waals surface area contributed by atoms with Crippen LogP contribution in [0, 0.1) is 0 Å². The number of halogens is 1. The standard InChI is InChI=1S/C10H14ClN3O/c11-10-13-5-3-9(14-10)7-15-6-8-2-1-4-12-8/h3,5,8,12H,1-2,4,6-7H2/t8-/m1/s1. The summed E-state index contributed by atoms with van der Waals surface area (Å²) >= 11 is 5.66. The first-order chi connectivity index (χ1) is 7.34. The molecule has 5 heteroatoms. The Bertz CT molecular complexity index is 315. The first kappa shape index (κ1) is 10.8. The topological polar surface area (TPSA) is 47.0 Å². The molecule has 0 saturated carbocycles. The van der Waals surface area contributed by atoms with E-state index in [2.05, 4.69) is 15.3 Å². The summed E-state index contributed by atoms with van der Waals surface area (Å²) in [5.41, 5.74) is 0.827. The van der Waals surface area contributed by atoms with Crippen molar-refractivity contribution >= 4 is 11.6 Å². The van der Waals surface area contributed by atoms with E-state index < -0.39 is 0 Å². The number of nitrogens with one attached hydrogen (secondary N) is 1. The minimum atomic E-state index is 0.273. The van der Waals surface area contributed by atoms with Gasteiger partial charge in [0.25, 0.3) is 0 Å². The minimum absolute atomic E-state index is 0.273. The fraction of sp³-hybridized carbons (Fsp3) is 0.600. The Morgan fingerprint density at radius 1 is 1.60 bits per heavy atom. The monoisotopic (exact) mass is 227 g/mol. The molecular weight excluding hydrogens is 214 g/mol. The van der Waals surface area contributed by atoms with Gasteiger partial charge in [-0.05, 0) is 37.1 Å². The predicted molar refractivity (Wildman–Crippen MR) is 57.7 cm³/mol. The van der Waals surface area contributed by atoms with Crippen molar-refractivity contribution in [2.45, 2.75) is 25.5 Å². The van der Waals surface area contributed by atoms with Crippen LogP contribution in [0.3, 0.4) is 0 Å². The number of hydrogen-bond donors (Lipinski definition) is 1. The highest BCUT2D eigenvalue weighted by atomic mass is 35.5. The van der Waals surface area contributed by atoms with Crippen LogP contribution in [0.15, 0.2) is 12.3 Å². The van der Waals surface area contributed by atoms with Crippen LogP contribution in [0.4, 0.5) is 0 Å². The van der Waals surface area contributed by atoms with Gasteiger partial charge in [-0.1, -0.05) is 0 Å². The maximum Gasteiger partial charge on any atom is 0.222 e. The normalized spacial score (nSPS) is 20.7. The molecule has 0 unspecified atom stereocenters. The van der Waals surface area contributed by atoms with E-state index in [0.29, 0.717) is 12.6 Å². The molecule has 0 spiro atoms. The van der Waals surface area contributed by atoms with Gasteiger partial charge in [-0.3, -0.25) is 0 Å². The fourth-order valence-corrected chi connectivity index (χ4v) is 1.82. The van der Waals surface area contributed by atoms with Crippen molar-refractivity contribution in [2.75, 3.05) is 13.2 Å². The molecule has 1 fully saturated rings. The zero-order chi connectivity index (χ0) is 10.5. The lowest BCUT2D eigenvalue weighted by Gasteiger charge is -2.10. The Morgan fingerprint density at radius 2 is 2.53 bits per heavy atom. The van der Waals surface area contributed by atoms with Crippen molar-refractivity contribution < 1.29 is 4.74 Å². The average Bonchev–Trinajstić information content (AvgIpc) is 2.71. The Morgan fingerprint density at radius 3 is 3.27 bits per heavy atom. The molecule has 2 rings (SSSR count). The van der Waals surface area contributed by atoms with Crippen LogP contribution in [0.2, 0.25) is 5.28 Å². The third-order valence-electron chi connectivity index (χ3n) is 2.42. The molecule has 2 heterocycles. The van der Waals surface area contributed by atoms with Crippen molar-refractivity contribution in [3.63, 3.8) is 0 Å². The quantitative estimate of drug-likeness (QED) is 0.790. The van der Waals surface area contributed by atoms with Gasteiger partial charge in [-0.2, -0.15) is 0 Å². The van der Waals surface area contributed by atoms with Crippen molar-refractivity contribution in [1.29, 1.82) is 0 Å². The van der Waals surface area contributed by atoms with Gasteiger partial charge in [0.1, 0.15) is 0 Å². The molecule has 1 N–H and O–H groups in total. The van der Waals surface area contributed by atoms with Crippen LogP contribution >= 0.6 is 11.6 Å². The lowest BCUT2D eigenvalue weighted by molar-refractivity contribution is 0.101. The first-order valence-corrected chi connectivity index (χ1v) is 5.51. The van der Waals surface area contributed by atoms with Gasteiger partial charge in [-0.25, -0.2) is 9.97 Å². The SMILES string of the molecule is Clc1nccc(COC[C@H]2CCCN2)n1. The van der Waals surface area contributed by atoms with Gasteiger partial charge in [0.2, 0.25) is 5.28 Å². The maximum absolute atomic E-state index is 5.66. The predicted octanol–water partition coefficient (Wildman–Crippen LogP) is 1.40. The Kier molecular flexibility index (Phi) is 3.88. The number of hydrogen-bond acceptors (Lipinski definition) is 4. The zero-order valence-electron chi connectivity index (χ0n) is 8.45. The smallest absolute Gasteiger partial charge is 0.222 e. The average molecular weight is 228 g/mol. The number of aromatic nitrogens is 2. The summed E-state index contributed by atoms with van der Waals surface area (Å²) in [5.74, 6) is 0. The Hall–Kier alpha value is -0.710. The van der Waals surface area contributed by atoms with Gasteiger partial charge < -0.3 is 10.1 Å². The highest BCUT2D eigenvalue weighted by Gasteiger charge is 2.13. The van der Waals surface area contributed by atoms with E-state index in [1.165, 1.54) is 12.8 Å². The lowest BCUT2D eigenvalue weighted by Crippen LogP contribution is -2.26. The minimum Gasteiger partial charge on any atom is -0.374 e. The van der Waals surface area contributed by atoms with Crippen LogP contribution in [-0.2, 0) is 11.3 Å². The Balaban J connectivity index is 1.73. The van der Waals surface area contributed by atoms with E-state index in [9.17, 15) is 0 Å². The summed E-state index contributed by atoms with van der Waals surface area (Å²) < 4.78 is 5.55. The molecule has 0 amide bonds. The highest BCUT2D eigenvalue weighted by Crippen LogP contribution is 2.07. The summed E-state index contributed by atoms with van der Waals surface area (Å²) in [4.78, 5) is 7.86. The van der Waals surface area contributed by atoms with E-state index in [4.69, 9.17) is 16.3 Å². The lowest BCUT2D eigenvalue weighted by atomic mass is 10.2. The Labute approximate surface area is 94.0 Å². The molecular formula is C10H14ClN3O. The van der Waals surface area contributed by atoms with E-state index in [0.717, 1.165) is 18.8 Å². The van der Waals surface area contributed by atoms with E-state index in [1.807, 2.05) is 6.07 Å². The van der Waals surface area contributed by atoms with Gasteiger partial charge >= 0.3 is 0 Å². The molecule has 82 valence electrons. The molecule has 1 saturated heterocycles. The maximum atomic E-state index is 5.66. The van der Waals surface area contributed by atoms with Crippen LogP contribution in [0.25, 0.3) is 0 Å². The molecule has 1 aromatic heterocycles. The molecule has 1 atom stereocenters. The van der Waals surface area contributed by atoms with Crippen molar-refractivity contribution in [3.05, 3.63) is 23.2 Å². The largest absolute Gasteiger partial charge is 0.374 e. The number of nitrogens with zero attached hydrogens (tertiary/aromatic N) is 2. The second-order valence-corrected chi connectivity index (χ2v) is 3.96. The third-order valence-corrected chi connectivity index (χ3v) is 2.60. The third kappa shape index (κ3) is 3.41. The van der Waals surface area contributed by atoms with Gasteiger partial charge in [-0.15, -0.1) is 0 Å². The summed E-state index contributed by atoms with van der Waals surface area (Å²) in [7, 11) is 0. The number of ether oxygens (including phenoxy) is 1. The summed E-state index contributed by atoms with van der Waals surface area (Å²) in [5, 5.41) is 3.64. The van der Waals surface area contributed by atoms with Gasteiger partial charge in [0.15, 0.2) is 0 Å². The van der Waals surface area contributed by atoms with Crippen molar-refractivity contribution in [2.24, 2.45) is 0 Å². The van der Waals surface area contributed by atoms with Crippen LogP contribution in [0.5, 0.6) is 0 Å². The molecule has 1 aromatic rings. The van der Waals surface area contributed by atoms with Gasteiger partial charge in [0.05, 0.1) is 18.9 Å². The first-order valence-electron chi connectivity index (χ1n) is 5.13. The molecule has 1 aliphatic heterocycles. The molecule has 0 aromatic carbocycles. The summed E-state index contributed by atoms with van der Waals surface area (Å²) in [6.07, 6.45) is 4.08. The van der Waals surface area contributed by atoms with Crippen LogP contribution in [0.1, 0.15) is 18.5 Å². The van der Waals surface area contributed by atoms with Crippen LogP contribution in [-0.4, -0.2) is 29.2 Å². The van der Waals surface area contributed by atoms with Crippen molar-refractivity contribution in [1.82, 2.24) is 15.3 Å². The van der Waals surface area contributed by atoms with E-state index in [-0.39, 0.29) is 5.28 Å². The molecule has 4 nitrogen and oxygen atoms in total. The molecule has 0 radical (unpaired) electrons. The molecule has 15 heavy (non-hydrogen) atoms. The second kappa shape index (κ2) is 5.39. The zero-order valence-corrected chi connectivity index (χ0v) is 9.20. The molecule has 0 bridgehead atoms. The van der Waals surface area contributed by atoms with Crippen LogP contribution < -0.4 is 5.32 Å². The molecule has 1 aliphatic rings. The highest BCUT2D eigenvalue weighted by molar-refractivity contribution is 6.28. The fourth-order valence-electron chi connectivity index (χ4n) is 1.65. The van der Waals surface area contributed by atoms with Crippen molar-refractivity contribution in [3.8, 4) is 0 Å². The summed E-state index contributed by atoms with van der Waals surface area (Å²) in [6, 6.07) is 2.32. The van der Waals surface area contributed by atoms with Gasteiger partial charge in [0, 0.05) is 12.2 Å². The molecule has 0 aliphatic carbocycles. The van der Waals surface area contributed by atoms with E-state index in [1.54, 1.807) is 6.20 Å².